The van der Waals surface area contributed by atoms with Gasteiger partial charge >= 0.3 is 5.76 Å². The summed E-state index contributed by atoms with van der Waals surface area (Å²) < 4.78 is 32.6. The number of hydrogen-bond acceptors (Lipinski definition) is 4. The molecule has 0 amide bonds. The summed E-state index contributed by atoms with van der Waals surface area (Å²) in [5.41, 5.74) is 1.94. The third-order valence-electron chi connectivity index (χ3n) is 3.54. The van der Waals surface area contributed by atoms with Gasteiger partial charge in [-0.05, 0) is 30.3 Å². The molecule has 0 fully saturated rings. The molecule has 0 bridgehead atoms. The Bertz CT molecular complexity index is 1180. The molecule has 116 valence electrons. The van der Waals surface area contributed by atoms with E-state index in [-0.39, 0.29) is 10.5 Å². The smallest absolute Gasteiger partial charge is 0.408 e. The van der Waals surface area contributed by atoms with Gasteiger partial charge in [0.15, 0.2) is 5.58 Å². The van der Waals surface area contributed by atoms with Crippen LogP contribution in [-0.4, -0.2) is 18.4 Å². The van der Waals surface area contributed by atoms with E-state index in [2.05, 4.69) is 14.7 Å². The number of hydrogen-bond donors (Lipinski definition) is 3. The molecule has 2 aromatic heterocycles. The summed E-state index contributed by atoms with van der Waals surface area (Å²) in [6.45, 7) is 0. The van der Waals surface area contributed by atoms with Gasteiger partial charge in [0.2, 0.25) is 0 Å². The van der Waals surface area contributed by atoms with Crippen molar-refractivity contribution >= 4 is 37.7 Å². The minimum absolute atomic E-state index is 0.0142. The van der Waals surface area contributed by atoms with Crippen LogP contribution in [0.25, 0.3) is 22.0 Å². The van der Waals surface area contributed by atoms with E-state index < -0.39 is 15.8 Å². The van der Waals surface area contributed by atoms with E-state index in [0.29, 0.717) is 11.2 Å². The lowest BCUT2D eigenvalue weighted by Crippen LogP contribution is -2.13. The normalized spacial score (nSPS) is 12.0. The molecule has 0 aliphatic heterocycles. The van der Waals surface area contributed by atoms with Crippen LogP contribution in [-0.2, 0) is 10.0 Å². The summed E-state index contributed by atoms with van der Waals surface area (Å²) in [7, 11) is -3.80. The molecule has 0 atom stereocenters. The van der Waals surface area contributed by atoms with Crippen molar-refractivity contribution < 1.29 is 12.8 Å². The summed E-state index contributed by atoms with van der Waals surface area (Å²) in [5.74, 6) is -0.625. The Balaban J connectivity index is 1.79. The first-order chi connectivity index (χ1) is 11.0. The van der Waals surface area contributed by atoms with Crippen molar-refractivity contribution in [2.24, 2.45) is 0 Å². The number of nitrogens with one attached hydrogen (secondary N) is 3. The maximum atomic E-state index is 12.6. The van der Waals surface area contributed by atoms with Gasteiger partial charge in [-0.3, -0.25) is 9.71 Å². The van der Waals surface area contributed by atoms with Crippen molar-refractivity contribution in [1.29, 1.82) is 0 Å². The van der Waals surface area contributed by atoms with Crippen molar-refractivity contribution in [2.75, 3.05) is 4.72 Å². The van der Waals surface area contributed by atoms with Crippen molar-refractivity contribution in [2.45, 2.75) is 4.90 Å². The number of rotatable bonds is 3. The fourth-order valence-electron chi connectivity index (χ4n) is 2.47. The van der Waals surface area contributed by atoms with Crippen LogP contribution in [0.4, 0.5) is 5.69 Å². The largest absolute Gasteiger partial charge is 0.417 e. The van der Waals surface area contributed by atoms with E-state index in [1.54, 1.807) is 24.4 Å². The van der Waals surface area contributed by atoms with Gasteiger partial charge in [0.25, 0.3) is 10.0 Å². The van der Waals surface area contributed by atoms with Crippen LogP contribution < -0.4 is 10.5 Å². The second-order valence-corrected chi connectivity index (χ2v) is 6.70. The molecule has 7 nitrogen and oxygen atoms in total. The van der Waals surface area contributed by atoms with E-state index in [4.69, 9.17) is 4.42 Å². The van der Waals surface area contributed by atoms with Crippen LogP contribution in [0.5, 0.6) is 0 Å². The maximum absolute atomic E-state index is 12.6. The zero-order valence-corrected chi connectivity index (χ0v) is 12.5. The SMILES string of the molecule is O=c1[nH]c2ccc(S(=O)(=O)Nc3cccc4[nH]ccc34)cc2o1. The number of aromatic nitrogens is 2. The van der Waals surface area contributed by atoms with E-state index in [0.717, 1.165) is 10.9 Å². The van der Waals surface area contributed by atoms with Crippen LogP contribution in [0.1, 0.15) is 0 Å². The Morgan fingerprint density at radius 3 is 2.78 bits per heavy atom. The Labute approximate surface area is 130 Å². The lowest BCUT2D eigenvalue weighted by atomic mass is 10.2. The highest BCUT2D eigenvalue weighted by Gasteiger charge is 2.17. The van der Waals surface area contributed by atoms with Crippen molar-refractivity contribution in [3.63, 3.8) is 0 Å². The van der Waals surface area contributed by atoms with Crippen LogP contribution in [0.3, 0.4) is 0 Å². The highest BCUT2D eigenvalue weighted by Crippen LogP contribution is 2.25. The standard InChI is InChI=1S/C15H11N3O4S/c19-15-17-13-5-4-9(8-14(13)22-15)23(20,21)18-12-3-1-2-11-10(12)6-7-16-11/h1-8,16,18H,(H,17,19). The zero-order valence-electron chi connectivity index (χ0n) is 11.7. The number of aromatic amines is 2. The summed E-state index contributed by atoms with van der Waals surface area (Å²) in [6, 6.07) is 11.3. The molecule has 0 spiro atoms. The Kier molecular flexibility index (Phi) is 2.82. The average molecular weight is 329 g/mol. The predicted molar refractivity (Wildman–Crippen MR) is 85.9 cm³/mol. The molecule has 23 heavy (non-hydrogen) atoms. The minimum atomic E-state index is -3.80. The molecular weight excluding hydrogens is 318 g/mol. The van der Waals surface area contributed by atoms with Crippen molar-refractivity contribution in [3.05, 3.63) is 59.2 Å². The molecule has 2 heterocycles. The predicted octanol–water partition coefficient (Wildman–Crippen LogP) is 2.40. The third-order valence-corrected chi connectivity index (χ3v) is 4.91. The lowest BCUT2D eigenvalue weighted by molar-refractivity contribution is 0.554. The fraction of sp³-hybridized carbons (Fsp3) is 0. The molecule has 0 saturated heterocycles. The van der Waals surface area contributed by atoms with E-state index in [9.17, 15) is 13.2 Å². The first-order valence-electron chi connectivity index (χ1n) is 6.75. The second kappa shape index (κ2) is 4.75. The average Bonchev–Trinajstić information content (AvgIpc) is 3.11. The maximum Gasteiger partial charge on any atom is 0.417 e. The molecule has 4 aromatic rings. The summed E-state index contributed by atoms with van der Waals surface area (Å²) in [6.07, 6.45) is 1.74. The van der Waals surface area contributed by atoms with Gasteiger partial charge in [0, 0.05) is 23.2 Å². The Morgan fingerprint density at radius 2 is 1.91 bits per heavy atom. The first kappa shape index (κ1) is 13.6. The molecule has 8 heteroatoms. The van der Waals surface area contributed by atoms with Gasteiger partial charge in [-0.25, -0.2) is 13.2 Å². The number of sulfonamides is 1. The highest BCUT2D eigenvalue weighted by atomic mass is 32.2. The first-order valence-corrected chi connectivity index (χ1v) is 8.23. The number of oxazole rings is 1. The van der Waals surface area contributed by atoms with Crippen molar-refractivity contribution in [1.82, 2.24) is 9.97 Å². The molecule has 0 saturated carbocycles. The third kappa shape index (κ3) is 2.29. The molecule has 4 rings (SSSR count). The van der Waals surface area contributed by atoms with Crippen molar-refractivity contribution in [3.8, 4) is 0 Å². The molecule has 0 unspecified atom stereocenters. The zero-order chi connectivity index (χ0) is 16.0. The van der Waals surface area contributed by atoms with Gasteiger partial charge in [-0.1, -0.05) is 6.07 Å². The molecule has 0 radical (unpaired) electrons. The van der Waals surface area contributed by atoms with Gasteiger partial charge in [0.05, 0.1) is 16.1 Å². The Hall–Kier alpha value is -3.00. The van der Waals surface area contributed by atoms with E-state index in [1.165, 1.54) is 18.2 Å². The molecule has 2 aromatic carbocycles. The molecule has 3 N–H and O–H groups in total. The van der Waals surface area contributed by atoms with Gasteiger partial charge < -0.3 is 9.40 Å². The van der Waals surface area contributed by atoms with Gasteiger partial charge in [-0.15, -0.1) is 0 Å². The molecular formula is C15H11N3O4S. The number of H-pyrrole nitrogens is 2. The molecule has 0 aliphatic carbocycles. The topological polar surface area (TPSA) is 108 Å². The fourth-order valence-corrected chi connectivity index (χ4v) is 3.57. The summed E-state index contributed by atoms with van der Waals surface area (Å²) in [4.78, 5) is 16.7. The van der Waals surface area contributed by atoms with Crippen LogP contribution >= 0.6 is 0 Å². The summed E-state index contributed by atoms with van der Waals surface area (Å²) in [5, 5.41) is 0.769. The second-order valence-electron chi connectivity index (χ2n) is 5.02. The minimum Gasteiger partial charge on any atom is -0.408 e. The van der Waals surface area contributed by atoms with Crippen LogP contribution in [0.15, 0.2) is 62.8 Å². The number of fused-ring (bicyclic) bond motifs is 2. The molecule has 0 aliphatic rings. The van der Waals surface area contributed by atoms with E-state index >= 15 is 0 Å². The van der Waals surface area contributed by atoms with Crippen LogP contribution in [0, 0.1) is 0 Å². The highest BCUT2D eigenvalue weighted by molar-refractivity contribution is 7.92. The van der Waals surface area contributed by atoms with Gasteiger partial charge in [0.1, 0.15) is 0 Å². The lowest BCUT2D eigenvalue weighted by Gasteiger charge is -2.09. The van der Waals surface area contributed by atoms with Crippen LogP contribution in [0.2, 0.25) is 0 Å². The van der Waals surface area contributed by atoms with E-state index in [1.807, 2.05) is 6.07 Å². The summed E-state index contributed by atoms with van der Waals surface area (Å²) >= 11 is 0. The monoisotopic (exact) mass is 329 g/mol. The van der Waals surface area contributed by atoms with Gasteiger partial charge in [-0.2, -0.15) is 0 Å². The quantitative estimate of drug-likeness (QED) is 0.536. The number of anilines is 1. The Morgan fingerprint density at radius 1 is 1.04 bits per heavy atom. The number of benzene rings is 2.